The van der Waals surface area contributed by atoms with Gasteiger partial charge in [0.25, 0.3) is 0 Å². The van der Waals surface area contributed by atoms with Gasteiger partial charge in [-0.05, 0) is 51.6 Å². The topological polar surface area (TPSA) is 32.8 Å². The molecule has 0 spiro atoms. The first kappa shape index (κ1) is 16.8. The van der Waals surface area contributed by atoms with Crippen molar-refractivity contribution in [1.29, 1.82) is 0 Å². The average Bonchev–Trinajstić information content (AvgIpc) is 2.55. The van der Waals surface area contributed by atoms with Crippen molar-refractivity contribution in [2.75, 3.05) is 39.9 Å². The van der Waals surface area contributed by atoms with Crippen LogP contribution in [0, 0.1) is 5.92 Å². The fourth-order valence-electron chi connectivity index (χ4n) is 3.71. The van der Waals surface area contributed by atoms with E-state index in [0.717, 1.165) is 39.0 Å². The van der Waals surface area contributed by atoms with E-state index in [-0.39, 0.29) is 5.92 Å². The van der Waals surface area contributed by atoms with Gasteiger partial charge in [0.2, 0.25) is 5.91 Å². The summed E-state index contributed by atoms with van der Waals surface area (Å²) in [6, 6.07) is 0.606. The lowest BCUT2D eigenvalue weighted by atomic mass is 9.98. The number of piperidine rings is 2. The van der Waals surface area contributed by atoms with Crippen LogP contribution < -0.4 is 0 Å². The quantitative estimate of drug-likeness (QED) is 0.706. The molecule has 2 aliphatic rings. The van der Waals surface area contributed by atoms with Gasteiger partial charge in [-0.15, -0.1) is 0 Å². The van der Waals surface area contributed by atoms with Crippen molar-refractivity contribution in [1.82, 2.24) is 9.80 Å². The van der Waals surface area contributed by atoms with E-state index >= 15 is 0 Å². The van der Waals surface area contributed by atoms with Crippen LogP contribution in [0.15, 0.2) is 0 Å². The average molecular weight is 296 g/mol. The number of amides is 1. The maximum atomic E-state index is 12.6. The van der Waals surface area contributed by atoms with Gasteiger partial charge in [-0.3, -0.25) is 9.69 Å². The minimum atomic E-state index is 0.139. The molecule has 1 amide bonds. The fraction of sp³-hybridized carbons (Fsp3) is 0.941. The van der Waals surface area contributed by atoms with Gasteiger partial charge in [-0.1, -0.05) is 13.3 Å². The summed E-state index contributed by atoms with van der Waals surface area (Å²) in [5, 5.41) is 0. The van der Waals surface area contributed by atoms with E-state index < -0.39 is 0 Å². The Labute approximate surface area is 129 Å². The zero-order chi connectivity index (χ0) is 15.1. The molecule has 2 rings (SSSR count). The van der Waals surface area contributed by atoms with Crippen LogP contribution in [0.1, 0.15) is 51.9 Å². The third-order valence-electron chi connectivity index (χ3n) is 5.02. The number of ether oxygens (including phenoxy) is 1. The number of carbonyl (C=O) groups is 1. The second-order valence-electron chi connectivity index (χ2n) is 6.71. The minimum absolute atomic E-state index is 0.139. The smallest absolute Gasteiger partial charge is 0.225 e. The summed E-state index contributed by atoms with van der Waals surface area (Å²) in [5.41, 5.74) is 0. The van der Waals surface area contributed by atoms with E-state index in [1.807, 2.05) is 0 Å². The van der Waals surface area contributed by atoms with E-state index in [1.165, 1.54) is 38.8 Å². The van der Waals surface area contributed by atoms with Gasteiger partial charge in [0.15, 0.2) is 0 Å². The third-order valence-corrected chi connectivity index (χ3v) is 5.02. The van der Waals surface area contributed by atoms with Crippen LogP contribution >= 0.6 is 0 Å². The van der Waals surface area contributed by atoms with Gasteiger partial charge in [-0.25, -0.2) is 0 Å². The molecule has 4 heteroatoms. The maximum Gasteiger partial charge on any atom is 0.225 e. The summed E-state index contributed by atoms with van der Waals surface area (Å²) >= 11 is 0. The van der Waals surface area contributed by atoms with Gasteiger partial charge >= 0.3 is 0 Å². The molecule has 2 fully saturated rings. The first-order valence-corrected chi connectivity index (χ1v) is 8.74. The Morgan fingerprint density at radius 2 is 1.95 bits per heavy atom. The van der Waals surface area contributed by atoms with Gasteiger partial charge < -0.3 is 9.64 Å². The molecule has 0 bridgehead atoms. The Bertz CT molecular complexity index is 316. The molecule has 2 aliphatic heterocycles. The number of likely N-dealkylation sites (tertiary alicyclic amines) is 2. The standard InChI is InChI=1S/C17H32N2O2/c1-15(8-7-13-21-2)17(20)19-12-6-9-16(14-19)18-10-4-3-5-11-18/h15-16H,3-14H2,1-2H3. The molecular formula is C17H32N2O2. The molecule has 21 heavy (non-hydrogen) atoms. The van der Waals surface area contributed by atoms with Crippen LogP contribution in [-0.4, -0.2) is 61.6 Å². The predicted molar refractivity (Wildman–Crippen MR) is 85.3 cm³/mol. The molecule has 4 nitrogen and oxygen atoms in total. The fourth-order valence-corrected chi connectivity index (χ4v) is 3.71. The second-order valence-corrected chi connectivity index (χ2v) is 6.71. The monoisotopic (exact) mass is 296 g/mol. The van der Waals surface area contributed by atoms with Crippen molar-refractivity contribution in [3.05, 3.63) is 0 Å². The maximum absolute atomic E-state index is 12.6. The molecule has 0 saturated carbocycles. The molecule has 0 aromatic carbocycles. The largest absolute Gasteiger partial charge is 0.385 e. The Morgan fingerprint density at radius 3 is 2.67 bits per heavy atom. The van der Waals surface area contributed by atoms with Crippen LogP contribution in [0.4, 0.5) is 0 Å². The van der Waals surface area contributed by atoms with Crippen LogP contribution in [0.2, 0.25) is 0 Å². The number of hydrogen-bond acceptors (Lipinski definition) is 3. The van der Waals surface area contributed by atoms with Gasteiger partial charge in [0.05, 0.1) is 0 Å². The Hall–Kier alpha value is -0.610. The van der Waals surface area contributed by atoms with E-state index in [1.54, 1.807) is 7.11 Å². The Balaban J connectivity index is 1.80. The Morgan fingerprint density at radius 1 is 1.19 bits per heavy atom. The molecule has 0 N–H and O–H groups in total. The van der Waals surface area contributed by atoms with Crippen molar-refractivity contribution in [2.45, 2.75) is 57.9 Å². The molecule has 0 aromatic heterocycles. The molecule has 0 aliphatic carbocycles. The highest BCUT2D eigenvalue weighted by Crippen LogP contribution is 2.22. The van der Waals surface area contributed by atoms with Crippen molar-refractivity contribution in [3.8, 4) is 0 Å². The summed E-state index contributed by atoms with van der Waals surface area (Å²) < 4.78 is 5.08. The van der Waals surface area contributed by atoms with Crippen LogP contribution in [0.5, 0.6) is 0 Å². The minimum Gasteiger partial charge on any atom is -0.385 e. The zero-order valence-corrected chi connectivity index (χ0v) is 13.9. The normalized spacial score (nSPS) is 25.8. The molecule has 0 radical (unpaired) electrons. The SMILES string of the molecule is COCCCC(C)C(=O)N1CCCC(N2CCCCC2)C1. The van der Waals surface area contributed by atoms with Crippen molar-refractivity contribution in [3.63, 3.8) is 0 Å². The molecular weight excluding hydrogens is 264 g/mol. The molecule has 2 atom stereocenters. The predicted octanol–water partition coefficient (Wildman–Crippen LogP) is 2.53. The third kappa shape index (κ3) is 4.96. The van der Waals surface area contributed by atoms with Crippen molar-refractivity contribution >= 4 is 5.91 Å². The Kier molecular flexibility index (Phi) is 6.97. The van der Waals surface area contributed by atoms with E-state index in [0.29, 0.717) is 11.9 Å². The number of nitrogens with zero attached hydrogens (tertiary/aromatic N) is 2. The van der Waals surface area contributed by atoms with Gasteiger partial charge in [0.1, 0.15) is 0 Å². The first-order chi connectivity index (χ1) is 10.2. The van der Waals surface area contributed by atoms with Gasteiger partial charge in [0, 0.05) is 38.8 Å². The van der Waals surface area contributed by atoms with E-state index in [2.05, 4.69) is 16.7 Å². The molecule has 0 aromatic rings. The van der Waals surface area contributed by atoms with Crippen molar-refractivity contribution in [2.24, 2.45) is 5.92 Å². The molecule has 2 heterocycles. The molecule has 2 saturated heterocycles. The highest BCUT2D eigenvalue weighted by atomic mass is 16.5. The van der Waals surface area contributed by atoms with E-state index in [9.17, 15) is 4.79 Å². The lowest BCUT2D eigenvalue weighted by Crippen LogP contribution is -2.52. The number of hydrogen-bond donors (Lipinski definition) is 0. The second kappa shape index (κ2) is 8.74. The van der Waals surface area contributed by atoms with Crippen molar-refractivity contribution < 1.29 is 9.53 Å². The van der Waals surface area contributed by atoms with Crippen LogP contribution in [0.3, 0.4) is 0 Å². The van der Waals surface area contributed by atoms with Gasteiger partial charge in [-0.2, -0.15) is 0 Å². The summed E-state index contributed by atoms with van der Waals surface area (Å²) in [6.07, 6.45) is 8.39. The zero-order valence-electron chi connectivity index (χ0n) is 13.9. The first-order valence-electron chi connectivity index (χ1n) is 8.74. The summed E-state index contributed by atoms with van der Waals surface area (Å²) in [5.74, 6) is 0.494. The van der Waals surface area contributed by atoms with E-state index in [4.69, 9.17) is 4.74 Å². The number of rotatable bonds is 6. The highest BCUT2D eigenvalue weighted by Gasteiger charge is 2.30. The number of carbonyl (C=O) groups excluding carboxylic acids is 1. The summed E-state index contributed by atoms with van der Waals surface area (Å²) in [4.78, 5) is 17.3. The number of methoxy groups -OCH3 is 1. The molecule has 122 valence electrons. The van der Waals surface area contributed by atoms with Crippen LogP contribution in [0.25, 0.3) is 0 Å². The summed E-state index contributed by atoms with van der Waals surface area (Å²) in [6.45, 7) is 7.20. The lowest BCUT2D eigenvalue weighted by Gasteiger charge is -2.41. The molecule has 2 unspecified atom stereocenters. The lowest BCUT2D eigenvalue weighted by molar-refractivity contribution is -0.137. The summed E-state index contributed by atoms with van der Waals surface area (Å²) in [7, 11) is 1.72. The highest BCUT2D eigenvalue weighted by molar-refractivity contribution is 5.78. The van der Waals surface area contributed by atoms with Crippen LogP contribution in [-0.2, 0) is 9.53 Å².